The summed E-state index contributed by atoms with van der Waals surface area (Å²) in [5.41, 5.74) is -1.63. The Morgan fingerprint density at radius 2 is 1.84 bits per heavy atom. The number of halogens is 3. The molecule has 4 rings (SSSR count). The quantitative estimate of drug-likeness (QED) is 0.402. The summed E-state index contributed by atoms with van der Waals surface area (Å²) in [6.45, 7) is -0.457. The third-order valence-corrected chi connectivity index (χ3v) is 4.36. The van der Waals surface area contributed by atoms with Gasteiger partial charge in [-0.25, -0.2) is 0 Å². The number of alkyl halides is 3. The Labute approximate surface area is 139 Å². The van der Waals surface area contributed by atoms with Crippen molar-refractivity contribution >= 4 is 16.6 Å². The molecule has 1 atom stereocenters. The highest BCUT2D eigenvalue weighted by atomic mass is 19.4. The van der Waals surface area contributed by atoms with Gasteiger partial charge >= 0.3 is 6.18 Å². The molecule has 1 aliphatic heterocycles. The molecule has 8 heteroatoms. The summed E-state index contributed by atoms with van der Waals surface area (Å²) in [5, 5.41) is 11.3. The SMILES string of the molecule is O=[N+]([O-])c1ccc2c(C3(C(F)(F)F)CO3)cn(-c3ccccc3)c2c1. The Hall–Kier alpha value is -2.87. The monoisotopic (exact) mass is 348 g/mol. The fraction of sp³-hybridized carbons (Fsp3) is 0.176. The summed E-state index contributed by atoms with van der Waals surface area (Å²) >= 11 is 0. The maximum atomic E-state index is 13.5. The molecule has 1 unspecified atom stereocenters. The number of fused-ring (bicyclic) bond motifs is 1. The average molecular weight is 348 g/mol. The second-order valence-electron chi connectivity index (χ2n) is 5.82. The molecule has 0 spiro atoms. The first-order chi connectivity index (χ1) is 11.8. The number of ether oxygens (including phenoxy) is 1. The third-order valence-electron chi connectivity index (χ3n) is 4.36. The average Bonchev–Trinajstić information content (AvgIpc) is 3.31. The predicted molar refractivity (Wildman–Crippen MR) is 83.6 cm³/mol. The van der Waals surface area contributed by atoms with Crippen LogP contribution in [0.2, 0.25) is 0 Å². The summed E-state index contributed by atoms with van der Waals surface area (Å²) in [6.07, 6.45) is -3.21. The topological polar surface area (TPSA) is 60.6 Å². The smallest absolute Gasteiger partial charge is 0.355 e. The van der Waals surface area contributed by atoms with Crippen molar-refractivity contribution in [3.8, 4) is 5.69 Å². The molecule has 1 aliphatic rings. The van der Waals surface area contributed by atoms with Crippen LogP contribution >= 0.6 is 0 Å². The Balaban J connectivity index is 2.02. The van der Waals surface area contributed by atoms with E-state index in [0.29, 0.717) is 11.2 Å². The second-order valence-corrected chi connectivity index (χ2v) is 5.82. The fourth-order valence-corrected chi connectivity index (χ4v) is 3.00. The first-order valence-electron chi connectivity index (χ1n) is 7.39. The molecule has 1 saturated heterocycles. The highest BCUT2D eigenvalue weighted by Gasteiger charge is 2.68. The molecule has 128 valence electrons. The molecular weight excluding hydrogens is 337 g/mol. The number of nitrogens with zero attached hydrogens (tertiary/aromatic N) is 2. The molecule has 0 saturated carbocycles. The zero-order valence-corrected chi connectivity index (χ0v) is 12.7. The number of hydrogen-bond donors (Lipinski definition) is 0. The number of para-hydroxylation sites is 1. The molecule has 0 amide bonds. The first kappa shape index (κ1) is 15.6. The molecular formula is C17H11F3N2O3. The summed E-state index contributed by atoms with van der Waals surface area (Å²) in [5.74, 6) is 0. The van der Waals surface area contributed by atoms with Gasteiger partial charge in [0.15, 0.2) is 0 Å². The Kier molecular flexibility index (Phi) is 3.17. The summed E-state index contributed by atoms with van der Waals surface area (Å²) in [4.78, 5) is 10.5. The number of nitro groups is 1. The summed E-state index contributed by atoms with van der Waals surface area (Å²) in [7, 11) is 0. The van der Waals surface area contributed by atoms with E-state index in [9.17, 15) is 23.3 Å². The summed E-state index contributed by atoms with van der Waals surface area (Å²) in [6, 6.07) is 12.5. The number of rotatable bonds is 3. The molecule has 0 N–H and O–H groups in total. The van der Waals surface area contributed by atoms with Crippen molar-refractivity contribution in [2.45, 2.75) is 11.8 Å². The molecule has 3 aromatic rings. The van der Waals surface area contributed by atoms with Gasteiger partial charge in [0.1, 0.15) is 0 Å². The van der Waals surface area contributed by atoms with E-state index in [0.717, 1.165) is 0 Å². The van der Waals surface area contributed by atoms with Gasteiger partial charge in [0, 0.05) is 35.0 Å². The molecule has 25 heavy (non-hydrogen) atoms. The fourth-order valence-electron chi connectivity index (χ4n) is 3.00. The van der Waals surface area contributed by atoms with Crippen molar-refractivity contribution in [3.05, 3.63) is 70.4 Å². The minimum Gasteiger partial charge on any atom is -0.355 e. The van der Waals surface area contributed by atoms with Crippen LogP contribution in [0.5, 0.6) is 0 Å². The molecule has 2 aromatic carbocycles. The van der Waals surface area contributed by atoms with Crippen molar-refractivity contribution in [1.29, 1.82) is 0 Å². The van der Waals surface area contributed by atoms with E-state index in [1.54, 1.807) is 30.3 Å². The van der Waals surface area contributed by atoms with E-state index in [1.165, 1.54) is 29.0 Å². The molecule has 0 radical (unpaired) electrons. The van der Waals surface area contributed by atoms with E-state index in [4.69, 9.17) is 4.74 Å². The lowest BCUT2D eigenvalue weighted by Crippen LogP contribution is -2.30. The van der Waals surface area contributed by atoms with Gasteiger partial charge in [-0.15, -0.1) is 0 Å². The maximum Gasteiger partial charge on any atom is 0.424 e. The van der Waals surface area contributed by atoms with Crippen molar-refractivity contribution in [3.63, 3.8) is 0 Å². The highest BCUT2D eigenvalue weighted by molar-refractivity contribution is 5.88. The zero-order chi connectivity index (χ0) is 17.8. The Bertz CT molecular complexity index is 976. The largest absolute Gasteiger partial charge is 0.424 e. The molecule has 0 bridgehead atoms. The van der Waals surface area contributed by atoms with Gasteiger partial charge in [-0.2, -0.15) is 13.2 Å². The minimum absolute atomic E-state index is 0.0336. The van der Waals surface area contributed by atoms with Crippen LogP contribution < -0.4 is 0 Å². The van der Waals surface area contributed by atoms with Crippen LogP contribution in [0.4, 0.5) is 18.9 Å². The normalized spacial score (nSPS) is 20.0. The van der Waals surface area contributed by atoms with Crippen LogP contribution in [-0.4, -0.2) is 22.3 Å². The summed E-state index contributed by atoms with van der Waals surface area (Å²) < 4.78 is 46.8. The molecule has 0 aliphatic carbocycles. The predicted octanol–water partition coefficient (Wildman–Crippen LogP) is 4.33. The van der Waals surface area contributed by atoms with Crippen LogP contribution in [0.3, 0.4) is 0 Å². The van der Waals surface area contributed by atoms with Gasteiger partial charge < -0.3 is 9.30 Å². The second kappa shape index (κ2) is 5.06. The lowest BCUT2D eigenvalue weighted by atomic mass is 9.98. The van der Waals surface area contributed by atoms with Crippen molar-refractivity contribution in [1.82, 2.24) is 4.57 Å². The number of epoxide rings is 1. The van der Waals surface area contributed by atoms with Gasteiger partial charge in [0.05, 0.1) is 17.0 Å². The highest BCUT2D eigenvalue weighted by Crippen LogP contribution is 2.54. The van der Waals surface area contributed by atoms with Crippen LogP contribution in [0, 0.1) is 10.1 Å². The van der Waals surface area contributed by atoms with Gasteiger partial charge in [-0.1, -0.05) is 18.2 Å². The van der Waals surface area contributed by atoms with Crippen LogP contribution in [0.25, 0.3) is 16.6 Å². The number of nitro benzene ring substituents is 1. The van der Waals surface area contributed by atoms with Gasteiger partial charge in [-0.3, -0.25) is 10.1 Å². The van der Waals surface area contributed by atoms with Crippen LogP contribution in [0.15, 0.2) is 54.7 Å². The van der Waals surface area contributed by atoms with E-state index < -0.39 is 23.3 Å². The van der Waals surface area contributed by atoms with E-state index in [2.05, 4.69) is 0 Å². The standard InChI is InChI=1S/C17H11F3N2O3/c18-17(19,20)16(10-25-16)14-9-21(11-4-2-1-3-5-11)15-8-12(22(23)24)6-7-13(14)15/h1-9H,10H2. The number of benzene rings is 2. The minimum atomic E-state index is -4.56. The Morgan fingerprint density at radius 3 is 2.40 bits per heavy atom. The van der Waals surface area contributed by atoms with Gasteiger partial charge in [0.2, 0.25) is 5.60 Å². The van der Waals surface area contributed by atoms with Crippen LogP contribution in [-0.2, 0) is 10.3 Å². The lowest BCUT2D eigenvalue weighted by molar-refractivity contribution is -0.384. The van der Waals surface area contributed by atoms with E-state index in [-0.39, 0.29) is 16.6 Å². The molecule has 1 fully saturated rings. The number of hydrogen-bond acceptors (Lipinski definition) is 3. The van der Waals surface area contributed by atoms with E-state index in [1.807, 2.05) is 0 Å². The number of aromatic nitrogens is 1. The first-order valence-corrected chi connectivity index (χ1v) is 7.39. The molecule has 1 aromatic heterocycles. The zero-order valence-electron chi connectivity index (χ0n) is 12.7. The van der Waals surface area contributed by atoms with Gasteiger partial charge in [0.25, 0.3) is 5.69 Å². The van der Waals surface area contributed by atoms with Gasteiger partial charge in [-0.05, 0) is 18.2 Å². The molecule has 5 nitrogen and oxygen atoms in total. The van der Waals surface area contributed by atoms with Crippen molar-refractivity contribution < 1.29 is 22.8 Å². The number of non-ortho nitro benzene ring substituents is 1. The lowest BCUT2D eigenvalue weighted by Gasteiger charge is -2.15. The third kappa shape index (κ3) is 2.29. The van der Waals surface area contributed by atoms with E-state index >= 15 is 0 Å². The maximum absolute atomic E-state index is 13.5. The Morgan fingerprint density at radius 1 is 1.16 bits per heavy atom. The van der Waals surface area contributed by atoms with Crippen molar-refractivity contribution in [2.24, 2.45) is 0 Å². The molecule has 2 heterocycles. The van der Waals surface area contributed by atoms with Crippen molar-refractivity contribution in [2.75, 3.05) is 6.61 Å². The van der Waals surface area contributed by atoms with Crippen LogP contribution in [0.1, 0.15) is 5.56 Å².